The fourth-order valence-corrected chi connectivity index (χ4v) is 2.87. The first kappa shape index (κ1) is 21.3. The molecule has 0 saturated carbocycles. The number of primary amides is 1. The lowest BCUT2D eigenvalue weighted by molar-refractivity contribution is -0.139. The molecule has 3 aromatic rings. The number of urea groups is 1. The normalized spacial score (nSPS) is 13.0. The van der Waals surface area contributed by atoms with Gasteiger partial charge in [-0.15, -0.1) is 5.10 Å². The Balaban J connectivity index is 1.89. The van der Waals surface area contributed by atoms with Crippen LogP contribution in [0.3, 0.4) is 0 Å². The topological polar surface area (TPSA) is 107 Å². The standard InChI is InChI=1S/C17H13ClF4N6O2/c1-8(7-24-26-16(23)29)28-14-6-9(2-3-13(14)25-27-28)30-10-4-11(18)15(12(19)5-10)17(20,21)22/h2-8H,1H3,(H3,23,26,29). The summed E-state index contributed by atoms with van der Waals surface area (Å²) in [7, 11) is 0. The van der Waals surface area contributed by atoms with Crippen molar-refractivity contribution in [3.63, 3.8) is 0 Å². The van der Waals surface area contributed by atoms with Gasteiger partial charge in [0.15, 0.2) is 0 Å². The van der Waals surface area contributed by atoms with Crippen LogP contribution in [-0.4, -0.2) is 27.2 Å². The maximum atomic E-state index is 13.9. The molecule has 2 aromatic carbocycles. The highest BCUT2D eigenvalue weighted by molar-refractivity contribution is 6.31. The van der Waals surface area contributed by atoms with Gasteiger partial charge in [0.05, 0.1) is 16.6 Å². The zero-order chi connectivity index (χ0) is 22.1. The molecule has 0 saturated heterocycles. The van der Waals surface area contributed by atoms with E-state index in [2.05, 4.69) is 20.8 Å². The third kappa shape index (κ3) is 4.59. The summed E-state index contributed by atoms with van der Waals surface area (Å²) >= 11 is 5.58. The Morgan fingerprint density at radius 1 is 1.33 bits per heavy atom. The molecule has 1 unspecified atom stereocenters. The number of alkyl halides is 3. The highest BCUT2D eigenvalue weighted by Gasteiger charge is 2.37. The molecule has 3 N–H and O–H groups in total. The van der Waals surface area contributed by atoms with Gasteiger partial charge < -0.3 is 10.5 Å². The second kappa shape index (κ2) is 8.14. The second-order valence-electron chi connectivity index (χ2n) is 6.04. The van der Waals surface area contributed by atoms with E-state index in [9.17, 15) is 22.4 Å². The van der Waals surface area contributed by atoms with Crippen LogP contribution in [-0.2, 0) is 6.18 Å². The number of hydrogen-bond donors (Lipinski definition) is 2. The monoisotopic (exact) mass is 444 g/mol. The Hall–Kier alpha value is -3.41. The average molecular weight is 445 g/mol. The van der Waals surface area contributed by atoms with Crippen LogP contribution >= 0.6 is 11.6 Å². The molecule has 0 aliphatic carbocycles. The zero-order valence-electron chi connectivity index (χ0n) is 15.1. The molecule has 0 radical (unpaired) electrons. The summed E-state index contributed by atoms with van der Waals surface area (Å²) in [6.07, 6.45) is -3.57. The molecule has 1 heterocycles. The minimum Gasteiger partial charge on any atom is -0.457 e. The molecule has 1 aromatic heterocycles. The van der Waals surface area contributed by atoms with Gasteiger partial charge in [-0.05, 0) is 19.1 Å². The van der Waals surface area contributed by atoms with Crippen molar-refractivity contribution in [2.75, 3.05) is 0 Å². The molecule has 158 valence electrons. The molecule has 13 heteroatoms. The van der Waals surface area contributed by atoms with Gasteiger partial charge in [0.25, 0.3) is 0 Å². The van der Waals surface area contributed by atoms with E-state index >= 15 is 0 Å². The highest BCUT2D eigenvalue weighted by Crippen LogP contribution is 2.39. The average Bonchev–Trinajstić information content (AvgIpc) is 3.02. The van der Waals surface area contributed by atoms with Crippen LogP contribution in [0, 0.1) is 5.82 Å². The SMILES string of the molecule is CC(C=NNC(N)=O)n1nnc2ccc(Oc3cc(F)c(C(F)(F)F)c(Cl)c3)cc21. The number of nitrogens with one attached hydrogen (secondary N) is 1. The molecular formula is C17H13ClF4N6O2. The fraction of sp³-hybridized carbons (Fsp3) is 0.176. The zero-order valence-corrected chi connectivity index (χ0v) is 15.9. The van der Waals surface area contributed by atoms with Gasteiger partial charge in [-0.25, -0.2) is 19.3 Å². The van der Waals surface area contributed by atoms with E-state index in [0.717, 1.165) is 6.07 Å². The minimum absolute atomic E-state index is 0.181. The van der Waals surface area contributed by atoms with Crippen LogP contribution in [0.5, 0.6) is 11.5 Å². The van der Waals surface area contributed by atoms with Gasteiger partial charge in [0.2, 0.25) is 0 Å². The maximum absolute atomic E-state index is 13.9. The quantitative estimate of drug-likeness (QED) is 0.348. The van der Waals surface area contributed by atoms with E-state index < -0.39 is 34.7 Å². The first-order valence-corrected chi connectivity index (χ1v) is 8.61. The van der Waals surface area contributed by atoms with E-state index in [4.69, 9.17) is 22.1 Å². The van der Waals surface area contributed by atoms with Gasteiger partial charge in [-0.2, -0.15) is 18.3 Å². The Kier molecular flexibility index (Phi) is 5.78. The predicted molar refractivity (Wildman–Crippen MR) is 99.9 cm³/mol. The van der Waals surface area contributed by atoms with Crippen LogP contribution in [0.15, 0.2) is 35.4 Å². The molecule has 2 amide bonds. The second-order valence-corrected chi connectivity index (χ2v) is 6.45. The molecule has 0 bridgehead atoms. The molecule has 0 fully saturated rings. The van der Waals surface area contributed by atoms with Crippen LogP contribution in [0.25, 0.3) is 11.0 Å². The van der Waals surface area contributed by atoms with Gasteiger partial charge in [0.1, 0.15) is 28.4 Å². The van der Waals surface area contributed by atoms with Crippen molar-refractivity contribution in [2.45, 2.75) is 19.1 Å². The number of nitrogens with zero attached hydrogens (tertiary/aromatic N) is 4. The molecule has 0 spiro atoms. The summed E-state index contributed by atoms with van der Waals surface area (Å²) in [5.41, 5.74) is 6.39. The summed E-state index contributed by atoms with van der Waals surface area (Å²) in [4.78, 5) is 10.7. The van der Waals surface area contributed by atoms with E-state index in [1.165, 1.54) is 23.0 Å². The summed E-state index contributed by atoms with van der Waals surface area (Å²) in [6, 6.07) is 4.73. The number of carbonyl (C=O) groups is 1. The molecule has 0 aliphatic rings. The number of fused-ring (bicyclic) bond motifs is 1. The number of aromatic nitrogens is 3. The van der Waals surface area contributed by atoms with Crippen molar-refractivity contribution < 1.29 is 27.1 Å². The van der Waals surface area contributed by atoms with Gasteiger partial charge >= 0.3 is 12.2 Å². The number of carbonyl (C=O) groups excluding carboxylic acids is 1. The fourth-order valence-electron chi connectivity index (χ4n) is 2.57. The Morgan fingerprint density at radius 3 is 2.70 bits per heavy atom. The van der Waals surface area contributed by atoms with Crippen molar-refractivity contribution in [3.8, 4) is 11.5 Å². The lowest BCUT2D eigenvalue weighted by Gasteiger charge is -2.13. The Bertz CT molecular complexity index is 1110. The molecule has 8 nitrogen and oxygen atoms in total. The minimum atomic E-state index is -4.93. The van der Waals surface area contributed by atoms with Crippen LogP contribution < -0.4 is 15.9 Å². The molecule has 3 rings (SSSR count). The first-order chi connectivity index (χ1) is 14.1. The summed E-state index contributed by atoms with van der Waals surface area (Å²) < 4.78 is 59.3. The molecule has 0 aliphatic heterocycles. The summed E-state index contributed by atoms with van der Waals surface area (Å²) in [5, 5.41) is 10.8. The maximum Gasteiger partial charge on any atom is 0.420 e. The van der Waals surface area contributed by atoms with E-state index in [1.54, 1.807) is 13.0 Å². The molecule has 30 heavy (non-hydrogen) atoms. The molecular weight excluding hydrogens is 432 g/mol. The van der Waals surface area contributed by atoms with Gasteiger partial charge in [-0.1, -0.05) is 16.8 Å². The van der Waals surface area contributed by atoms with Crippen molar-refractivity contribution in [2.24, 2.45) is 10.8 Å². The smallest absolute Gasteiger partial charge is 0.420 e. The number of hydrogen-bond acceptors (Lipinski definition) is 5. The predicted octanol–water partition coefficient (Wildman–Crippen LogP) is 4.25. The lowest BCUT2D eigenvalue weighted by atomic mass is 10.2. The van der Waals surface area contributed by atoms with Crippen molar-refractivity contribution in [1.29, 1.82) is 0 Å². The Labute approximate surface area is 171 Å². The van der Waals surface area contributed by atoms with Crippen molar-refractivity contribution in [3.05, 3.63) is 46.7 Å². The van der Waals surface area contributed by atoms with Gasteiger partial charge in [-0.3, -0.25) is 0 Å². The van der Waals surface area contributed by atoms with Crippen molar-refractivity contribution >= 4 is 34.9 Å². The van der Waals surface area contributed by atoms with E-state index in [-0.39, 0.29) is 11.5 Å². The first-order valence-electron chi connectivity index (χ1n) is 8.24. The number of halogens is 5. The van der Waals surface area contributed by atoms with Crippen LogP contribution in [0.4, 0.5) is 22.4 Å². The third-order valence-electron chi connectivity index (χ3n) is 3.83. The molecule has 1 atom stereocenters. The van der Waals surface area contributed by atoms with Crippen molar-refractivity contribution in [1.82, 2.24) is 20.4 Å². The number of benzene rings is 2. The lowest BCUT2D eigenvalue weighted by Crippen LogP contribution is -2.25. The number of rotatable bonds is 5. The van der Waals surface area contributed by atoms with Crippen LogP contribution in [0.1, 0.15) is 18.5 Å². The number of nitrogens with two attached hydrogens (primary N) is 1. The van der Waals surface area contributed by atoms with Gasteiger partial charge in [0, 0.05) is 24.4 Å². The van der Waals surface area contributed by atoms with E-state index in [1.807, 2.05) is 0 Å². The summed E-state index contributed by atoms with van der Waals surface area (Å²) in [5.74, 6) is -1.59. The third-order valence-corrected chi connectivity index (χ3v) is 4.13. The van der Waals surface area contributed by atoms with Crippen LogP contribution in [0.2, 0.25) is 5.02 Å². The highest BCUT2D eigenvalue weighted by atomic mass is 35.5. The van der Waals surface area contributed by atoms with E-state index in [0.29, 0.717) is 17.1 Å². The summed E-state index contributed by atoms with van der Waals surface area (Å²) in [6.45, 7) is 1.71. The Morgan fingerprint density at radius 2 is 2.07 bits per heavy atom. The largest absolute Gasteiger partial charge is 0.457 e. The number of ether oxygens (including phenoxy) is 1. The number of amides is 2. The number of hydrazone groups is 1.